The third-order valence-electron chi connectivity index (χ3n) is 3.08. The highest BCUT2D eigenvalue weighted by molar-refractivity contribution is 7.11. The molecule has 0 aliphatic heterocycles. The van der Waals surface area contributed by atoms with Crippen molar-refractivity contribution < 1.29 is 4.39 Å². The summed E-state index contributed by atoms with van der Waals surface area (Å²) in [6, 6.07) is 14.7. The van der Waals surface area contributed by atoms with E-state index in [0.717, 1.165) is 21.5 Å². The molecule has 2 aromatic carbocycles. The van der Waals surface area contributed by atoms with E-state index in [-0.39, 0.29) is 11.9 Å². The number of hydrogen-bond donors (Lipinski definition) is 1. The van der Waals surface area contributed by atoms with Crippen molar-refractivity contribution >= 4 is 27.4 Å². The fraction of sp³-hybridized carbons (Fsp3) is 0.133. The van der Waals surface area contributed by atoms with Gasteiger partial charge in [-0.3, -0.25) is 0 Å². The molecule has 0 saturated carbocycles. The monoisotopic (exact) mass is 272 g/mol. The lowest BCUT2D eigenvalue weighted by Crippen LogP contribution is -2.05. The Bertz CT molecular complexity index is 708. The number of halogens is 1. The zero-order chi connectivity index (χ0) is 13.2. The average Bonchev–Trinajstić information content (AvgIpc) is 2.82. The largest absolute Gasteiger partial charge is 0.369 e. The van der Waals surface area contributed by atoms with Crippen LogP contribution in [0.1, 0.15) is 18.5 Å². The summed E-state index contributed by atoms with van der Waals surface area (Å²) < 4.78 is 17.6. The van der Waals surface area contributed by atoms with Crippen LogP contribution in [0.4, 0.5) is 9.39 Å². The Morgan fingerprint density at radius 1 is 1.16 bits per heavy atom. The zero-order valence-corrected chi connectivity index (χ0v) is 11.2. The van der Waals surface area contributed by atoms with E-state index >= 15 is 0 Å². The predicted molar refractivity (Wildman–Crippen MR) is 78.1 cm³/mol. The lowest BCUT2D eigenvalue weighted by molar-refractivity contribution is 0.624. The summed E-state index contributed by atoms with van der Waals surface area (Å²) in [5.74, 6) is -0.208. The molecule has 0 saturated heterocycles. The molecule has 1 aromatic heterocycles. The molecule has 0 aliphatic rings. The van der Waals surface area contributed by atoms with Crippen LogP contribution in [0.15, 0.2) is 48.5 Å². The molecule has 3 rings (SSSR count). The number of benzene rings is 2. The first kappa shape index (κ1) is 12.1. The van der Waals surface area contributed by atoms with Crippen molar-refractivity contribution in [3.8, 4) is 0 Å². The zero-order valence-electron chi connectivity index (χ0n) is 10.4. The Kier molecular flexibility index (Phi) is 3.17. The van der Waals surface area contributed by atoms with Gasteiger partial charge >= 0.3 is 0 Å². The van der Waals surface area contributed by atoms with Crippen LogP contribution >= 0.6 is 11.5 Å². The number of nitrogens with zero attached hydrogens (tertiary/aromatic N) is 1. The van der Waals surface area contributed by atoms with Crippen molar-refractivity contribution in [2.24, 2.45) is 0 Å². The van der Waals surface area contributed by atoms with Gasteiger partial charge in [-0.15, -0.1) is 0 Å². The Labute approximate surface area is 115 Å². The number of aromatic nitrogens is 1. The number of nitrogens with one attached hydrogen (secondary N) is 1. The maximum absolute atomic E-state index is 13.2. The van der Waals surface area contributed by atoms with Crippen molar-refractivity contribution in [1.82, 2.24) is 4.37 Å². The van der Waals surface area contributed by atoms with Gasteiger partial charge in [0.05, 0.1) is 5.52 Å². The van der Waals surface area contributed by atoms with Gasteiger partial charge in [0.15, 0.2) is 0 Å². The maximum Gasteiger partial charge on any atom is 0.123 e. The van der Waals surface area contributed by atoms with E-state index < -0.39 is 0 Å². The Balaban J connectivity index is 1.89. The van der Waals surface area contributed by atoms with Crippen LogP contribution in [-0.2, 0) is 0 Å². The van der Waals surface area contributed by atoms with E-state index in [1.54, 1.807) is 12.1 Å². The topological polar surface area (TPSA) is 24.9 Å². The molecule has 1 atom stereocenters. The van der Waals surface area contributed by atoms with Gasteiger partial charge in [-0.25, -0.2) is 4.39 Å². The minimum atomic E-state index is -0.208. The van der Waals surface area contributed by atoms with Crippen LogP contribution in [0.5, 0.6) is 0 Å². The number of rotatable bonds is 3. The molecule has 1 N–H and O–H groups in total. The molecule has 1 heterocycles. The third kappa shape index (κ3) is 2.44. The van der Waals surface area contributed by atoms with Gasteiger partial charge in [0, 0.05) is 11.4 Å². The fourth-order valence-corrected chi connectivity index (χ4v) is 2.90. The average molecular weight is 272 g/mol. The minimum absolute atomic E-state index is 0.0413. The van der Waals surface area contributed by atoms with Crippen molar-refractivity contribution in [2.45, 2.75) is 13.0 Å². The molecule has 3 aromatic rings. The van der Waals surface area contributed by atoms with Gasteiger partial charge in [-0.2, -0.15) is 4.37 Å². The second kappa shape index (κ2) is 4.97. The quantitative estimate of drug-likeness (QED) is 0.753. The molecule has 96 valence electrons. The third-order valence-corrected chi connectivity index (χ3v) is 3.89. The highest BCUT2D eigenvalue weighted by Crippen LogP contribution is 2.30. The molecule has 4 heteroatoms. The second-order valence-electron chi connectivity index (χ2n) is 4.45. The molecule has 19 heavy (non-hydrogen) atoms. The van der Waals surface area contributed by atoms with Crippen LogP contribution in [-0.4, -0.2) is 4.37 Å². The smallest absolute Gasteiger partial charge is 0.123 e. The summed E-state index contributed by atoms with van der Waals surface area (Å²) in [5.41, 5.74) is 1.92. The van der Waals surface area contributed by atoms with Gasteiger partial charge in [0.1, 0.15) is 10.8 Å². The summed E-state index contributed by atoms with van der Waals surface area (Å²) in [7, 11) is 0. The van der Waals surface area contributed by atoms with Crippen molar-refractivity contribution in [3.63, 3.8) is 0 Å². The first-order valence-corrected chi connectivity index (χ1v) is 6.88. The molecule has 0 radical (unpaired) electrons. The first-order chi connectivity index (χ1) is 9.24. The standard InChI is InChI=1S/C15H13FN2S/c1-10(11-5-4-6-12(16)9-11)17-15-13-7-2-3-8-14(13)18-19-15/h2-10,17H,1H3. The van der Waals surface area contributed by atoms with Crippen molar-refractivity contribution in [3.05, 3.63) is 59.9 Å². The molecular weight excluding hydrogens is 259 g/mol. The Morgan fingerprint density at radius 3 is 2.84 bits per heavy atom. The van der Waals surface area contributed by atoms with Crippen LogP contribution in [0, 0.1) is 5.82 Å². The summed E-state index contributed by atoms with van der Waals surface area (Å²) in [4.78, 5) is 0. The number of anilines is 1. The molecule has 0 bridgehead atoms. The summed E-state index contributed by atoms with van der Waals surface area (Å²) in [6.45, 7) is 2.02. The van der Waals surface area contributed by atoms with Crippen molar-refractivity contribution in [2.75, 3.05) is 5.32 Å². The normalized spacial score (nSPS) is 12.5. The van der Waals surface area contributed by atoms with Crippen LogP contribution in [0.2, 0.25) is 0 Å². The summed E-state index contributed by atoms with van der Waals surface area (Å²) in [5, 5.41) is 5.53. The fourth-order valence-electron chi connectivity index (χ4n) is 2.05. The van der Waals surface area contributed by atoms with Gasteiger partial charge < -0.3 is 5.32 Å². The molecule has 0 aliphatic carbocycles. The van der Waals surface area contributed by atoms with E-state index in [2.05, 4.69) is 9.69 Å². The summed E-state index contributed by atoms with van der Waals surface area (Å²) in [6.07, 6.45) is 0. The second-order valence-corrected chi connectivity index (χ2v) is 5.22. The Hall–Kier alpha value is -1.94. The lowest BCUT2D eigenvalue weighted by atomic mass is 10.1. The Morgan fingerprint density at radius 2 is 2.00 bits per heavy atom. The number of hydrogen-bond acceptors (Lipinski definition) is 3. The van der Waals surface area contributed by atoms with E-state index in [1.807, 2.05) is 37.3 Å². The van der Waals surface area contributed by atoms with Gasteiger partial charge in [-0.1, -0.05) is 24.3 Å². The van der Waals surface area contributed by atoms with Gasteiger partial charge in [-0.05, 0) is 48.3 Å². The predicted octanol–water partition coefficient (Wildman–Crippen LogP) is 4.61. The van der Waals surface area contributed by atoms with Crippen molar-refractivity contribution in [1.29, 1.82) is 0 Å². The van der Waals surface area contributed by atoms with Crippen LogP contribution < -0.4 is 5.32 Å². The molecule has 0 amide bonds. The SMILES string of the molecule is CC(Nc1snc2ccccc12)c1cccc(F)c1. The van der Waals surface area contributed by atoms with Crippen LogP contribution in [0.25, 0.3) is 10.9 Å². The molecule has 2 nitrogen and oxygen atoms in total. The molecular formula is C15H13FN2S. The minimum Gasteiger partial charge on any atom is -0.369 e. The van der Waals surface area contributed by atoms with E-state index in [0.29, 0.717) is 0 Å². The molecule has 0 spiro atoms. The maximum atomic E-state index is 13.2. The molecule has 0 fully saturated rings. The van der Waals surface area contributed by atoms with E-state index in [1.165, 1.54) is 17.6 Å². The van der Waals surface area contributed by atoms with E-state index in [4.69, 9.17) is 0 Å². The highest BCUT2D eigenvalue weighted by Gasteiger charge is 2.10. The highest BCUT2D eigenvalue weighted by atomic mass is 32.1. The van der Waals surface area contributed by atoms with Crippen LogP contribution in [0.3, 0.4) is 0 Å². The first-order valence-electron chi connectivity index (χ1n) is 6.10. The van der Waals surface area contributed by atoms with Gasteiger partial charge in [0.2, 0.25) is 0 Å². The lowest BCUT2D eigenvalue weighted by Gasteiger charge is -2.14. The van der Waals surface area contributed by atoms with Gasteiger partial charge in [0.25, 0.3) is 0 Å². The number of fused-ring (bicyclic) bond motifs is 1. The summed E-state index contributed by atoms with van der Waals surface area (Å²) >= 11 is 1.44. The van der Waals surface area contributed by atoms with E-state index in [9.17, 15) is 4.39 Å². The molecule has 1 unspecified atom stereocenters.